The van der Waals surface area contributed by atoms with Gasteiger partial charge in [0, 0.05) is 17.3 Å². The van der Waals surface area contributed by atoms with Crippen LogP contribution in [0, 0.1) is 5.92 Å². The fourth-order valence-electron chi connectivity index (χ4n) is 4.81. The highest BCUT2D eigenvalue weighted by Crippen LogP contribution is 2.57. The summed E-state index contributed by atoms with van der Waals surface area (Å²) in [5.74, 6) is 0.729. The molecule has 1 saturated carbocycles. The summed E-state index contributed by atoms with van der Waals surface area (Å²) in [6, 6.07) is 21.1. The summed E-state index contributed by atoms with van der Waals surface area (Å²) in [4.78, 5) is 4.67. The summed E-state index contributed by atoms with van der Waals surface area (Å²) >= 11 is 0. The molecule has 0 saturated heterocycles. The molecule has 0 amide bonds. The standard InChI is InChI=1S/C30H30N4.C2H6/c1-5-24-19-30(24,4)27-16-15-25(18-26(27)28-8-6-7-17-31-28)34-20-29(32-33-34)23-13-11-22(12-14-23)10-9-21(2)3;1-2/h6-18,20,24H,2,5,19H2,1,3-4H3;1-2H3/b10-9+;. The molecule has 4 nitrogen and oxygen atoms in total. The summed E-state index contributed by atoms with van der Waals surface area (Å²) in [6.07, 6.45) is 10.4. The highest BCUT2D eigenvalue weighted by atomic mass is 15.4. The van der Waals surface area contributed by atoms with Crippen LogP contribution in [-0.2, 0) is 5.41 Å². The van der Waals surface area contributed by atoms with Crippen LogP contribution in [0.2, 0.25) is 0 Å². The highest BCUT2D eigenvalue weighted by molar-refractivity contribution is 5.70. The molecule has 4 heteroatoms. The molecule has 2 aromatic carbocycles. The van der Waals surface area contributed by atoms with E-state index in [0.29, 0.717) is 0 Å². The Labute approximate surface area is 215 Å². The Balaban J connectivity index is 0.00000148. The molecule has 2 heterocycles. The van der Waals surface area contributed by atoms with Gasteiger partial charge in [-0.1, -0.05) is 100 Å². The van der Waals surface area contributed by atoms with E-state index in [1.54, 1.807) is 0 Å². The lowest BCUT2D eigenvalue weighted by molar-refractivity contribution is 0.643. The van der Waals surface area contributed by atoms with Crippen molar-refractivity contribution in [2.24, 2.45) is 5.92 Å². The third-order valence-corrected chi connectivity index (χ3v) is 6.99. The molecule has 2 unspecified atom stereocenters. The van der Waals surface area contributed by atoms with Gasteiger partial charge in [0.1, 0.15) is 5.69 Å². The Morgan fingerprint density at radius 1 is 1.08 bits per heavy atom. The van der Waals surface area contributed by atoms with Crippen molar-refractivity contribution < 1.29 is 0 Å². The topological polar surface area (TPSA) is 43.6 Å². The van der Waals surface area contributed by atoms with Gasteiger partial charge < -0.3 is 0 Å². The van der Waals surface area contributed by atoms with Crippen molar-refractivity contribution >= 4 is 6.08 Å². The lowest BCUT2D eigenvalue weighted by atomic mass is 9.88. The molecule has 184 valence electrons. The fraction of sp³-hybridized carbons (Fsp3) is 0.281. The molecule has 1 aliphatic carbocycles. The summed E-state index contributed by atoms with van der Waals surface area (Å²) < 4.78 is 1.85. The molecule has 0 spiro atoms. The van der Waals surface area contributed by atoms with Gasteiger partial charge in [-0.05, 0) is 60.1 Å². The average Bonchev–Trinajstić information content (AvgIpc) is 3.35. The molecule has 0 bridgehead atoms. The van der Waals surface area contributed by atoms with E-state index in [1.807, 2.05) is 56.1 Å². The molecular weight excluding hydrogens is 440 g/mol. The number of nitrogens with zero attached hydrogens (tertiary/aromatic N) is 4. The molecule has 1 fully saturated rings. The number of pyridine rings is 1. The molecular formula is C32H36N4. The second-order valence-corrected chi connectivity index (χ2v) is 9.52. The van der Waals surface area contributed by atoms with Gasteiger partial charge in [0.2, 0.25) is 0 Å². The maximum Gasteiger partial charge on any atom is 0.113 e. The molecule has 36 heavy (non-hydrogen) atoms. The van der Waals surface area contributed by atoms with E-state index >= 15 is 0 Å². The van der Waals surface area contributed by atoms with Crippen LogP contribution in [0.4, 0.5) is 0 Å². The average molecular weight is 477 g/mol. The van der Waals surface area contributed by atoms with Crippen molar-refractivity contribution in [3.05, 3.63) is 102 Å². The minimum atomic E-state index is 0.216. The molecule has 1 aliphatic rings. The van der Waals surface area contributed by atoms with Crippen molar-refractivity contribution in [2.45, 2.75) is 52.9 Å². The van der Waals surface area contributed by atoms with Crippen LogP contribution in [0.5, 0.6) is 0 Å². The Morgan fingerprint density at radius 3 is 2.50 bits per heavy atom. The summed E-state index contributed by atoms with van der Waals surface area (Å²) in [7, 11) is 0. The first-order valence-electron chi connectivity index (χ1n) is 12.9. The van der Waals surface area contributed by atoms with Crippen molar-refractivity contribution in [1.29, 1.82) is 0 Å². The Morgan fingerprint density at radius 2 is 1.86 bits per heavy atom. The van der Waals surface area contributed by atoms with E-state index in [9.17, 15) is 0 Å². The molecule has 2 aromatic heterocycles. The van der Waals surface area contributed by atoms with Crippen LogP contribution >= 0.6 is 0 Å². The van der Waals surface area contributed by atoms with E-state index in [0.717, 1.165) is 39.7 Å². The number of rotatable bonds is 7. The third kappa shape index (κ3) is 5.23. The number of allylic oxidation sites excluding steroid dienone is 2. The Kier molecular flexibility index (Phi) is 7.64. The molecule has 4 aromatic rings. The first-order valence-corrected chi connectivity index (χ1v) is 12.9. The second kappa shape index (κ2) is 10.9. The third-order valence-electron chi connectivity index (χ3n) is 6.99. The van der Waals surface area contributed by atoms with Crippen LogP contribution < -0.4 is 0 Å². The first-order chi connectivity index (χ1) is 17.5. The van der Waals surface area contributed by atoms with Crippen molar-refractivity contribution in [3.8, 4) is 28.2 Å². The molecule has 2 atom stereocenters. The van der Waals surface area contributed by atoms with E-state index in [2.05, 4.69) is 90.3 Å². The van der Waals surface area contributed by atoms with Crippen LogP contribution in [0.1, 0.15) is 58.6 Å². The molecule has 0 radical (unpaired) electrons. The van der Waals surface area contributed by atoms with E-state index < -0.39 is 0 Å². The predicted molar refractivity (Wildman–Crippen MR) is 151 cm³/mol. The van der Waals surface area contributed by atoms with Crippen LogP contribution in [0.25, 0.3) is 34.3 Å². The highest BCUT2D eigenvalue weighted by Gasteiger charge is 2.50. The van der Waals surface area contributed by atoms with Gasteiger partial charge in [-0.15, -0.1) is 5.10 Å². The number of aromatic nitrogens is 4. The van der Waals surface area contributed by atoms with Crippen LogP contribution in [0.15, 0.2) is 91.3 Å². The smallest absolute Gasteiger partial charge is 0.113 e. The van der Waals surface area contributed by atoms with E-state index in [4.69, 9.17) is 0 Å². The van der Waals surface area contributed by atoms with Crippen molar-refractivity contribution in [3.63, 3.8) is 0 Å². The van der Waals surface area contributed by atoms with Crippen LogP contribution in [-0.4, -0.2) is 20.0 Å². The van der Waals surface area contributed by atoms with Gasteiger partial charge in [-0.25, -0.2) is 4.68 Å². The van der Waals surface area contributed by atoms with Crippen molar-refractivity contribution in [2.75, 3.05) is 0 Å². The van der Waals surface area contributed by atoms with Gasteiger partial charge in [-0.2, -0.15) is 0 Å². The zero-order chi connectivity index (χ0) is 25.7. The normalized spacial score (nSPS) is 18.5. The maximum absolute atomic E-state index is 4.67. The Hall–Kier alpha value is -3.79. The van der Waals surface area contributed by atoms with Gasteiger partial charge in [0.15, 0.2) is 0 Å². The van der Waals surface area contributed by atoms with Gasteiger partial charge >= 0.3 is 0 Å². The maximum atomic E-state index is 4.67. The second-order valence-electron chi connectivity index (χ2n) is 9.52. The lowest BCUT2D eigenvalue weighted by Crippen LogP contribution is -2.08. The summed E-state index contributed by atoms with van der Waals surface area (Å²) in [6.45, 7) is 14.6. The number of hydrogen-bond donors (Lipinski definition) is 0. The Bertz CT molecular complexity index is 1350. The zero-order valence-corrected chi connectivity index (χ0v) is 22.1. The first kappa shape index (κ1) is 25.3. The van der Waals surface area contributed by atoms with Gasteiger partial charge in [0.25, 0.3) is 0 Å². The summed E-state index contributed by atoms with van der Waals surface area (Å²) in [5, 5.41) is 8.88. The molecule has 0 N–H and O–H groups in total. The van der Waals surface area contributed by atoms with Gasteiger partial charge in [-0.3, -0.25) is 4.98 Å². The number of benzene rings is 2. The molecule has 0 aliphatic heterocycles. The molecule has 5 rings (SSSR count). The quantitative estimate of drug-likeness (QED) is 0.252. The summed E-state index contributed by atoms with van der Waals surface area (Å²) in [5.41, 5.74) is 8.81. The van der Waals surface area contributed by atoms with Crippen molar-refractivity contribution in [1.82, 2.24) is 20.0 Å². The fourth-order valence-corrected chi connectivity index (χ4v) is 4.81. The van der Waals surface area contributed by atoms with E-state index in [1.165, 1.54) is 24.0 Å². The number of hydrogen-bond acceptors (Lipinski definition) is 3. The monoisotopic (exact) mass is 476 g/mol. The SMILES string of the molecule is C=C(C)/C=C/c1ccc(-c2cn(-c3ccc(C4(C)CC4CC)c(-c4ccccn4)c3)nn2)cc1.CC. The lowest BCUT2D eigenvalue weighted by Gasteiger charge is -2.18. The van der Waals surface area contributed by atoms with E-state index in [-0.39, 0.29) is 5.41 Å². The minimum Gasteiger partial charge on any atom is -0.256 e. The van der Waals surface area contributed by atoms with Gasteiger partial charge in [0.05, 0.1) is 17.6 Å². The minimum absolute atomic E-state index is 0.216. The predicted octanol–water partition coefficient (Wildman–Crippen LogP) is 8.30. The van der Waals surface area contributed by atoms with Crippen LogP contribution in [0.3, 0.4) is 0 Å². The zero-order valence-electron chi connectivity index (χ0n) is 22.1. The largest absolute Gasteiger partial charge is 0.256 e.